The van der Waals surface area contributed by atoms with Crippen LogP contribution in [0, 0.1) is 5.82 Å². The van der Waals surface area contributed by atoms with E-state index in [0.717, 1.165) is 12.1 Å². The molecule has 0 atom stereocenters. The highest BCUT2D eigenvalue weighted by Crippen LogP contribution is 2.47. The number of phenolic OH excluding ortho intramolecular Hbond substituents is 1. The fourth-order valence-corrected chi connectivity index (χ4v) is 4.98. The van der Waals surface area contributed by atoms with Crippen LogP contribution in [0.5, 0.6) is 5.75 Å². The number of hydrogen-bond acceptors (Lipinski definition) is 3. The van der Waals surface area contributed by atoms with E-state index >= 15 is 0 Å². The largest absolute Gasteiger partial charge is 0.507 e. The quantitative estimate of drug-likeness (QED) is 0.305. The highest BCUT2D eigenvalue weighted by Gasteiger charge is 2.37. The van der Waals surface area contributed by atoms with Gasteiger partial charge in [-0.15, -0.1) is 0 Å². The minimum absolute atomic E-state index is 0.126. The van der Waals surface area contributed by atoms with Gasteiger partial charge >= 0.3 is 12.1 Å². The maximum atomic E-state index is 13.9. The molecule has 2 heterocycles. The maximum Gasteiger partial charge on any atom is 0.417 e. The number of phenols is 1. The number of carbonyl (C=O) groups is 1. The molecule has 1 saturated heterocycles. The molecule has 36 heavy (non-hydrogen) atoms. The van der Waals surface area contributed by atoms with E-state index in [1.165, 1.54) is 24.3 Å². The van der Waals surface area contributed by atoms with Gasteiger partial charge in [0.2, 0.25) is 0 Å². The molecule has 4 aromatic rings. The van der Waals surface area contributed by atoms with Crippen molar-refractivity contribution in [3.63, 3.8) is 0 Å². The second-order valence-corrected chi connectivity index (χ2v) is 8.69. The third-order valence-electron chi connectivity index (χ3n) is 6.55. The van der Waals surface area contributed by atoms with E-state index in [-0.39, 0.29) is 17.2 Å². The van der Waals surface area contributed by atoms with Gasteiger partial charge in [0.1, 0.15) is 11.6 Å². The highest BCUT2D eigenvalue weighted by atomic mass is 19.4. The molecule has 0 amide bonds. The van der Waals surface area contributed by atoms with Crippen molar-refractivity contribution in [1.82, 2.24) is 4.57 Å². The molecule has 0 bridgehead atoms. The van der Waals surface area contributed by atoms with E-state index in [1.54, 1.807) is 24.3 Å². The van der Waals surface area contributed by atoms with Gasteiger partial charge in [-0.3, -0.25) is 0 Å². The zero-order valence-corrected chi connectivity index (χ0v) is 18.8. The van der Waals surface area contributed by atoms with Crippen molar-refractivity contribution < 1.29 is 37.3 Å². The van der Waals surface area contributed by atoms with Crippen molar-refractivity contribution in [2.45, 2.75) is 24.9 Å². The third-order valence-corrected chi connectivity index (χ3v) is 6.55. The minimum Gasteiger partial charge on any atom is -0.507 e. The predicted octanol–water partition coefficient (Wildman–Crippen LogP) is 6.75. The number of aromatic hydroxyl groups is 1. The Kier molecular flexibility index (Phi) is 5.96. The summed E-state index contributed by atoms with van der Waals surface area (Å²) in [7, 11) is 0. The SMILES string of the molecule is O=C(O)c1ccc(-c2c(C3CCOCC3)n(-c3ccc(F)cc3)c3cccc(O)c23)cc1C(F)(F)F. The summed E-state index contributed by atoms with van der Waals surface area (Å²) in [4.78, 5) is 11.5. The van der Waals surface area contributed by atoms with E-state index < -0.39 is 29.1 Å². The lowest BCUT2D eigenvalue weighted by Crippen LogP contribution is -2.18. The summed E-state index contributed by atoms with van der Waals surface area (Å²) in [5, 5.41) is 20.6. The molecule has 1 fully saturated rings. The van der Waals surface area contributed by atoms with Crippen molar-refractivity contribution in [3.8, 4) is 22.6 Å². The van der Waals surface area contributed by atoms with Crippen molar-refractivity contribution in [2.24, 2.45) is 0 Å². The van der Waals surface area contributed by atoms with Crippen LogP contribution in [0.1, 0.15) is 40.4 Å². The molecule has 1 aliphatic heterocycles. The van der Waals surface area contributed by atoms with Crippen LogP contribution in [0.2, 0.25) is 0 Å². The number of carboxylic acids is 1. The van der Waals surface area contributed by atoms with Gasteiger partial charge in [-0.05, 0) is 66.9 Å². The summed E-state index contributed by atoms with van der Waals surface area (Å²) in [6, 6.07) is 13.6. The first kappa shape index (κ1) is 23.9. The van der Waals surface area contributed by atoms with E-state index in [2.05, 4.69) is 0 Å². The minimum atomic E-state index is -4.90. The molecule has 5 rings (SSSR count). The van der Waals surface area contributed by atoms with Gasteiger partial charge in [0, 0.05) is 41.5 Å². The highest BCUT2D eigenvalue weighted by molar-refractivity contribution is 6.04. The molecular weight excluding hydrogens is 478 g/mol. The van der Waals surface area contributed by atoms with E-state index in [9.17, 15) is 32.6 Å². The standard InChI is InChI=1S/C27H21F4NO4/c28-17-5-7-18(8-6-17)32-21-2-1-3-22(33)24(21)23(25(32)15-10-12-36-13-11-15)16-4-9-19(26(34)35)20(14-16)27(29,30)31/h1-9,14-15,33H,10-13H2,(H,34,35). The summed E-state index contributed by atoms with van der Waals surface area (Å²) >= 11 is 0. The summed E-state index contributed by atoms with van der Waals surface area (Å²) < 4.78 is 62.8. The summed E-state index contributed by atoms with van der Waals surface area (Å²) in [5.41, 5.74) is 0.140. The molecule has 5 nitrogen and oxygen atoms in total. The Morgan fingerprint density at radius 1 is 1.00 bits per heavy atom. The topological polar surface area (TPSA) is 71.7 Å². The fourth-order valence-electron chi connectivity index (χ4n) is 4.98. The van der Waals surface area contributed by atoms with Crippen molar-refractivity contribution in [1.29, 1.82) is 0 Å². The fraction of sp³-hybridized carbons (Fsp3) is 0.222. The zero-order chi connectivity index (χ0) is 25.6. The van der Waals surface area contributed by atoms with Crippen molar-refractivity contribution in [2.75, 3.05) is 13.2 Å². The Labute approximate surface area is 203 Å². The first-order valence-electron chi connectivity index (χ1n) is 11.3. The van der Waals surface area contributed by atoms with Crippen LogP contribution in [-0.2, 0) is 10.9 Å². The Bertz CT molecular complexity index is 1450. The lowest BCUT2D eigenvalue weighted by atomic mass is 9.88. The number of alkyl halides is 3. The second kappa shape index (κ2) is 8.98. The molecule has 186 valence electrons. The monoisotopic (exact) mass is 499 g/mol. The molecular formula is C27H21F4NO4. The molecule has 0 radical (unpaired) electrons. The number of carboxylic acid groups (broad SMARTS) is 1. The summed E-state index contributed by atoms with van der Waals surface area (Å²) in [5.74, 6) is -2.40. The molecule has 0 saturated carbocycles. The van der Waals surface area contributed by atoms with Crippen molar-refractivity contribution in [3.05, 3.63) is 83.3 Å². The normalized spacial score (nSPS) is 14.9. The molecule has 1 aromatic heterocycles. The molecule has 9 heteroatoms. The number of aromatic carboxylic acids is 1. The molecule has 0 spiro atoms. The van der Waals surface area contributed by atoms with Crippen LogP contribution in [0.25, 0.3) is 27.7 Å². The van der Waals surface area contributed by atoms with Crippen LogP contribution < -0.4 is 0 Å². The average molecular weight is 499 g/mol. The number of hydrogen-bond donors (Lipinski definition) is 2. The van der Waals surface area contributed by atoms with Gasteiger partial charge < -0.3 is 19.5 Å². The van der Waals surface area contributed by atoms with Crippen LogP contribution in [0.3, 0.4) is 0 Å². The smallest absolute Gasteiger partial charge is 0.417 e. The van der Waals surface area contributed by atoms with Crippen LogP contribution >= 0.6 is 0 Å². The number of aromatic nitrogens is 1. The lowest BCUT2D eigenvalue weighted by molar-refractivity contribution is -0.138. The predicted molar refractivity (Wildman–Crippen MR) is 125 cm³/mol. The lowest BCUT2D eigenvalue weighted by Gasteiger charge is -2.26. The molecule has 0 unspecified atom stereocenters. The Hall–Kier alpha value is -3.85. The Morgan fingerprint density at radius 3 is 2.33 bits per heavy atom. The number of rotatable bonds is 4. The average Bonchev–Trinajstić information content (AvgIpc) is 3.20. The van der Waals surface area contributed by atoms with E-state index in [1.807, 2.05) is 4.57 Å². The Balaban J connectivity index is 1.89. The first-order chi connectivity index (χ1) is 17.2. The van der Waals surface area contributed by atoms with Gasteiger partial charge in [-0.1, -0.05) is 12.1 Å². The van der Waals surface area contributed by atoms with Crippen LogP contribution in [0.15, 0.2) is 60.7 Å². The molecule has 2 N–H and O–H groups in total. The van der Waals surface area contributed by atoms with Crippen LogP contribution in [0.4, 0.5) is 17.6 Å². The number of benzene rings is 3. The third kappa shape index (κ3) is 4.09. The van der Waals surface area contributed by atoms with E-state index in [0.29, 0.717) is 53.9 Å². The Morgan fingerprint density at radius 2 is 1.69 bits per heavy atom. The van der Waals surface area contributed by atoms with Gasteiger partial charge in [0.15, 0.2) is 0 Å². The number of ether oxygens (including phenoxy) is 1. The van der Waals surface area contributed by atoms with Gasteiger partial charge in [-0.25, -0.2) is 9.18 Å². The summed E-state index contributed by atoms with van der Waals surface area (Å²) in [6.45, 7) is 0.902. The second-order valence-electron chi connectivity index (χ2n) is 8.69. The molecule has 0 aliphatic carbocycles. The van der Waals surface area contributed by atoms with E-state index in [4.69, 9.17) is 4.74 Å². The first-order valence-corrected chi connectivity index (χ1v) is 11.3. The molecule has 1 aliphatic rings. The summed E-state index contributed by atoms with van der Waals surface area (Å²) in [6.07, 6.45) is -3.73. The number of halogens is 4. The van der Waals surface area contributed by atoms with Gasteiger partial charge in [0.25, 0.3) is 0 Å². The number of fused-ring (bicyclic) bond motifs is 1. The zero-order valence-electron chi connectivity index (χ0n) is 18.8. The number of nitrogens with zero attached hydrogens (tertiary/aromatic N) is 1. The van der Waals surface area contributed by atoms with Gasteiger partial charge in [-0.2, -0.15) is 13.2 Å². The molecule has 3 aromatic carbocycles. The maximum absolute atomic E-state index is 13.9. The van der Waals surface area contributed by atoms with Gasteiger partial charge in [0.05, 0.1) is 16.6 Å². The van der Waals surface area contributed by atoms with Crippen molar-refractivity contribution >= 4 is 16.9 Å². The van der Waals surface area contributed by atoms with Crippen LogP contribution in [-0.4, -0.2) is 34.0 Å².